The van der Waals surface area contributed by atoms with E-state index < -0.39 is 12.0 Å². The first kappa shape index (κ1) is 9.05. The quantitative estimate of drug-likeness (QED) is 0.591. The summed E-state index contributed by atoms with van der Waals surface area (Å²) >= 11 is 1.24. The van der Waals surface area contributed by atoms with Crippen LogP contribution in [0.15, 0.2) is 4.99 Å². The highest BCUT2D eigenvalue weighted by Gasteiger charge is 2.24. The number of rotatable bonds is 1. The largest absolute Gasteiger partial charge is 0.480 e. The van der Waals surface area contributed by atoms with Crippen LogP contribution in [0.2, 0.25) is 0 Å². The minimum Gasteiger partial charge on any atom is -0.480 e. The summed E-state index contributed by atoms with van der Waals surface area (Å²) in [5, 5.41) is 11.4. The van der Waals surface area contributed by atoms with Gasteiger partial charge in [0.25, 0.3) is 0 Å². The van der Waals surface area contributed by atoms with Crippen molar-refractivity contribution >= 4 is 28.8 Å². The molecule has 0 bridgehead atoms. The molecule has 0 aromatic heterocycles. The van der Waals surface area contributed by atoms with Crippen molar-refractivity contribution in [2.24, 2.45) is 4.99 Å². The van der Waals surface area contributed by atoms with Crippen LogP contribution in [0.4, 0.5) is 0 Å². The lowest BCUT2D eigenvalue weighted by Gasteiger charge is -1.96. The summed E-state index contributed by atoms with van der Waals surface area (Å²) in [5.74, 6) is -0.791. The molecule has 1 heterocycles. The number of amidine groups is 1. The molecule has 1 unspecified atom stereocenters. The number of aliphatic carboxylic acids is 1. The Morgan fingerprint density at radius 1 is 1.75 bits per heavy atom. The number of thioether (sulfide) groups is 1. The van der Waals surface area contributed by atoms with Crippen molar-refractivity contribution in [3.63, 3.8) is 0 Å². The van der Waals surface area contributed by atoms with Crippen LogP contribution >= 0.6 is 11.8 Å². The van der Waals surface area contributed by atoms with Gasteiger partial charge in [0.05, 0.1) is 0 Å². The molecule has 1 rings (SSSR count). The zero-order valence-electron chi connectivity index (χ0n) is 6.40. The van der Waals surface area contributed by atoms with Crippen LogP contribution in [-0.4, -0.2) is 33.9 Å². The smallest absolute Gasteiger partial charge is 0.329 e. The maximum Gasteiger partial charge on any atom is 0.329 e. The second-order valence-electron chi connectivity index (χ2n) is 2.28. The fourth-order valence-electron chi connectivity index (χ4n) is 0.719. The number of amides is 1. The number of carboxylic acid groups (broad SMARTS) is 1. The first-order chi connectivity index (χ1) is 5.59. The van der Waals surface area contributed by atoms with Crippen molar-refractivity contribution < 1.29 is 14.7 Å². The zero-order valence-corrected chi connectivity index (χ0v) is 7.22. The first-order valence-electron chi connectivity index (χ1n) is 3.30. The molecule has 1 aliphatic rings. The highest BCUT2D eigenvalue weighted by atomic mass is 32.2. The lowest BCUT2D eigenvalue weighted by Crippen LogP contribution is -2.24. The lowest BCUT2D eigenvalue weighted by atomic mass is 10.4. The van der Waals surface area contributed by atoms with E-state index in [4.69, 9.17) is 5.11 Å². The van der Waals surface area contributed by atoms with Crippen LogP contribution < -0.4 is 5.32 Å². The van der Waals surface area contributed by atoms with E-state index in [1.807, 2.05) is 0 Å². The maximum atomic E-state index is 10.5. The van der Waals surface area contributed by atoms with Gasteiger partial charge in [0, 0.05) is 12.7 Å². The summed E-state index contributed by atoms with van der Waals surface area (Å²) in [6, 6.07) is -0.711. The molecule has 0 aromatic rings. The Morgan fingerprint density at radius 2 is 2.42 bits per heavy atom. The standard InChI is InChI=1S/C6H8N2O3S/c1-3(9)7-6-8-4(2-12-6)5(10)11/h4H,2H2,1H3,(H,10,11)(H,7,8,9). The van der Waals surface area contributed by atoms with E-state index in [1.54, 1.807) is 0 Å². The summed E-state index contributed by atoms with van der Waals surface area (Å²) in [5.41, 5.74) is 0. The van der Waals surface area contributed by atoms with Crippen LogP contribution in [0.3, 0.4) is 0 Å². The molecule has 6 heteroatoms. The van der Waals surface area contributed by atoms with Gasteiger partial charge >= 0.3 is 5.97 Å². The van der Waals surface area contributed by atoms with E-state index in [9.17, 15) is 9.59 Å². The van der Waals surface area contributed by atoms with Gasteiger partial charge in [-0.2, -0.15) is 0 Å². The van der Waals surface area contributed by atoms with Crippen molar-refractivity contribution in [2.75, 3.05) is 5.75 Å². The van der Waals surface area contributed by atoms with Gasteiger partial charge in [0.2, 0.25) is 5.91 Å². The highest BCUT2D eigenvalue weighted by Crippen LogP contribution is 2.16. The number of nitrogens with zero attached hydrogens (tertiary/aromatic N) is 1. The molecule has 2 N–H and O–H groups in total. The molecule has 0 saturated carbocycles. The topological polar surface area (TPSA) is 78.8 Å². The van der Waals surface area contributed by atoms with Crippen molar-refractivity contribution in [1.82, 2.24) is 5.32 Å². The number of carbonyl (C=O) groups excluding carboxylic acids is 1. The average Bonchev–Trinajstić information content (AvgIpc) is 2.34. The molecule has 1 atom stereocenters. The third kappa shape index (κ3) is 2.23. The monoisotopic (exact) mass is 188 g/mol. The summed E-state index contributed by atoms with van der Waals surface area (Å²) in [6.45, 7) is 1.36. The summed E-state index contributed by atoms with van der Waals surface area (Å²) in [7, 11) is 0. The maximum absolute atomic E-state index is 10.5. The third-order valence-corrected chi connectivity index (χ3v) is 2.18. The fraction of sp³-hybridized carbons (Fsp3) is 0.500. The molecule has 0 fully saturated rings. The third-order valence-electron chi connectivity index (χ3n) is 1.22. The number of carbonyl (C=O) groups is 2. The van der Waals surface area contributed by atoms with E-state index in [1.165, 1.54) is 18.7 Å². The molecular formula is C6H8N2O3S. The van der Waals surface area contributed by atoms with Crippen molar-refractivity contribution in [2.45, 2.75) is 13.0 Å². The summed E-state index contributed by atoms with van der Waals surface area (Å²) < 4.78 is 0. The second kappa shape index (κ2) is 3.57. The van der Waals surface area contributed by atoms with E-state index in [2.05, 4.69) is 10.3 Å². The Morgan fingerprint density at radius 3 is 2.83 bits per heavy atom. The number of carboxylic acids is 1. The van der Waals surface area contributed by atoms with Gasteiger partial charge in [-0.25, -0.2) is 9.79 Å². The fourth-order valence-corrected chi connectivity index (χ4v) is 1.67. The Labute approximate surface area is 73.2 Å². The van der Waals surface area contributed by atoms with E-state index >= 15 is 0 Å². The van der Waals surface area contributed by atoms with Gasteiger partial charge in [0.1, 0.15) is 0 Å². The molecule has 0 aliphatic carbocycles. The molecule has 5 nitrogen and oxygen atoms in total. The van der Waals surface area contributed by atoms with Crippen LogP contribution in [0.25, 0.3) is 0 Å². The van der Waals surface area contributed by atoms with Crippen LogP contribution in [0.1, 0.15) is 6.92 Å². The first-order valence-corrected chi connectivity index (χ1v) is 4.29. The Bertz CT molecular complexity index is 251. The molecule has 0 spiro atoms. The van der Waals surface area contributed by atoms with Crippen molar-refractivity contribution in [3.8, 4) is 0 Å². The normalized spacial score (nSPS) is 21.8. The number of hydrogen-bond donors (Lipinski definition) is 2. The zero-order chi connectivity index (χ0) is 9.14. The molecule has 1 amide bonds. The predicted molar refractivity (Wildman–Crippen MR) is 45.1 cm³/mol. The molecular weight excluding hydrogens is 180 g/mol. The number of nitrogens with one attached hydrogen (secondary N) is 1. The SMILES string of the molecule is CC(=O)NC1=NC(C(=O)O)CS1. The molecule has 0 aromatic carbocycles. The Kier molecular flexibility index (Phi) is 2.69. The Balaban J connectivity index is 2.54. The van der Waals surface area contributed by atoms with Gasteiger partial charge in [-0.1, -0.05) is 11.8 Å². The molecule has 0 saturated heterocycles. The van der Waals surface area contributed by atoms with Crippen LogP contribution in [-0.2, 0) is 9.59 Å². The van der Waals surface area contributed by atoms with E-state index in [-0.39, 0.29) is 5.91 Å². The van der Waals surface area contributed by atoms with Crippen LogP contribution in [0, 0.1) is 0 Å². The van der Waals surface area contributed by atoms with E-state index in [0.29, 0.717) is 10.9 Å². The van der Waals surface area contributed by atoms with Gasteiger partial charge in [-0.05, 0) is 0 Å². The number of hydrogen-bond acceptors (Lipinski definition) is 4. The van der Waals surface area contributed by atoms with Gasteiger partial charge < -0.3 is 10.4 Å². The second-order valence-corrected chi connectivity index (χ2v) is 3.29. The molecule has 66 valence electrons. The van der Waals surface area contributed by atoms with E-state index in [0.717, 1.165) is 0 Å². The molecule has 1 aliphatic heterocycles. The van der Waals surface area contributed by atoms with Crippen molar-refractivity contribution in [3.05, 3.63) is 0 Å². The average molecular weight is 188 g/mol. The highest BCUT2D eigenvalue weighted by molar-refractivity contribution is 8.14. The van der Waals surface area contributed by atoms with Gasteiger partial charge in [-0.3, -0.25) is 4.79 Å². The predicted octanol–water partition coefficient (Wildman–Crippen LogP) is -0.321. The summed E-state index contributed by atoms with van der Waals surface area (Å²) in [4.78, 5) is 24.7. The van der Waals surface area contributed by atoms with Gasteiger partial charge in [0.15, 0.2) is 11.2 Å². The lowest BCUT2D eigenvalue weighted by molar-refractivity contribution is -0.137. The number of aliphatic imine (C=N–C) groups is 1. The Hall–Kier alpha value is -1.04. The minimum atomic E-state index is -0.956. The van der Waals surface area contributed by atoms with Gasteiger partial charge in [-0.15, -0.1) is 0 Å². The molecule has 12 heavy (non-hydrogen) atoms. The summed E-state index contributed by atoms with van der Waals surface area (Å²) in [6.07, 6.45) is 0. The molecule has 0 radical (unpaired) electrons. The van der Waals surface area contributed by atoms with Crippen LogP contribution in [0.5, 0.6) is 0 Å². The van der Waals surface area contributed by atoms with Crippen molar-refractivity contribution in [1.29, 1.82) is 0 Å². The minimum absolute atomic E-state index is 0.229.